The number of rotatable bonds is 8. The SMILES string of the molecule is COc1ccccc1OC[C@H](C)NC(=O)CCc1c(Cl)cccc1Cl. The molecule has 0 fully saturated rings. The molecule has 0 aliphatic carbocycles. The van der Waals surface area contributed by atoms with Gasteiger partial charge in [-0.05, 0) is 43.2 Å². The van der Waals surface area contributed by atoms with Crippen molar-refractivity contribution in [1.82, 2.24) is 5.32 Å². The van der Waals surface area contributed by atoms with E-state index in [0.717, 1.165) is 5.56 Å². The van der Waals surface area contributed by atoms with E-state index < -0.39 is 0 Å². The molecule has 0 aliphatic rings. The topological polar surface area (TPSA) is 47.6 Å². The molecule has 0 saturated heterocycles. The molecule has 0 bridgehead atoms. The van der Waals surface area contributed by atoms with Crippen molar-refractivity contribution in [3.8, 4) is 11.5 Å². The van der Waals surface area contributed by atoms with Gasteiger partial charge in [0.2, 0.25) is 5.91 Å². The predicted molar refractivity (Wildman–Crippen MR) is 101 cm³/mol. The van der Waals surface area contributed by atoms with E-state index in [1.54, 1.807) is 25.3 Å². The third-order valence-electron chi connectivity index (χ3n) is 3.63. The fraction of sp³-hybridized carbons (Fsp3) is 0.316. The van der Waals surface area contributed by atoms with Gasteiger partial charge in [0, 0.05) is 16.5 Å². The van der Waals surface area contributed by atoms with E-state index in [2.05, 4.69) is 5.32 Å². The molecule has 4 nitrogen and oxygen atoms in total. The van der Waals surface area contributed by atoms with Gasteiger partial charge in [-0.3, -0.25) is 4.79 Å². The average Bonchev–Trinajstić information content (AvgIpc) is 2.59. The van der Waals surface area contributed by atoms with E-state index in [1.165, 1.54) is 0 Å². The maximum atomic E-state index is 12.1. The molecule has 134 valence electrons. The van der Waals surface area contributed by atoms with Gasteiger partial charge in [-0.15, -0.1) is 0 Å². The Morgan fingerprint density at radius 3 is 2.36 bits per heavy atom. The highest BCUT2D eigenvalue weighted by atomic mass is 35.5. The van der Waals surface area contributed by atoms with E-state index in [9.17, 15) is 4.79 Å². The third kappa shape index (κ3) is 5.83. The smallest absolute Gasteiger partial charge is 0.220 e. The number of hydrogen-bond acceptors (Lipinski definition) is 3. The second-order valence-corrected chi connectivity index (χ2v) is 6.45. The number of para-hydroxylation sites is 2. The van der Waals surface area contributed by atoms with Crippen LogP contribution in [0, 0.1) is 0 Å². The van der Waals surface area contributed by atoms with Gasteiger partial charge >= 0.3 is 0 Å². The van der Waals surface area contributed by atoms with Crippen molar-refractivity contribution < 1.29 is 14.3 Å². The van der Waals surface area contributed by atoms with Gasteiger partial charge in [0.05, 0.1) is 13.2 Å². The molecule has 2 aromatic carbocycles. The van der Waals surface area contributed by atoms with Crippen molar-refractivity contribution in [2.75, 3.05) is 13.7 Å². The molecule has 0 aliphatic heterocycles. The van der Waals surface area contributed by atoms with Crippen LogP contribution in [0.1, 0.15) is 18.9 Å². The maximum absolute atomic E-state index is 12.1. The number of ether oxygens (including phenoxy) is 2. The number of carbonyl (C=O) groups excluding carboxylic acids is 1. The molecule has 1 amide bonds. The lowest BCUT2D eigenvalue weighted by atomic mass is 10.1. The molecule has 1 atom stereocenters. The van der Waals surface area contributed by atoms with Crippen LogP contribution in [0.2, 0.25) is 10.0 Å². The highest BCUT2D eigenvalue weighted by Gasteiger charge is 2.12. The van der Waals surface area contributed by atoms with Crippen LogP contribution in [-0.4, -0.2) is 25.7 Å². The fourth-order valence-electron chi connectivity index (χ4n) is 2.35. The Labute approximate surface area is 158 Å². The Bertz CT molecular complexity index is 701. The molecule has 25 heavy (non-hydrogen) atoms. The zero-order chi connectivity index (χ0) is 18.2. The summed E-state index contributed by atoms with van der Waals surface area (Å²) in [5.74, 6) is 1.23. The van der Waals surface area contributed by atoms with Crippen LogP contribution in [0.3, 0.4) is 0 Å². The molecule has 0 radical (unpaired) electrons. The lowest BCUT2D eigenvalue weighted by Gasteiger charge is -2.16. The summed E-state index contributed by atoms with van der Waals surface area (Å²) in [5.41, 5.74) is 0.791. The number of methoxy groups -OCH3 is 1. The second kappa shape index (κ2) is 9.54. The van der Waals surface area contributed by atoms with Crippen LogP contribution in [-0.2, 0) is 11.2 Å². The first kappa shape index (κ1) is 19.4. The van der Waals surface area contributed by atoms with Crippen LogP contribution < -0.4 is 14.8 Å². The molecule has 1 N–H and O–H groups in total. The van der Waals surface area contributed by atoms with Crippen molar-refractivity contribution in [3.63, 3.8) is 0 Å². The van der Waals surface area contributed by atoms with Crippen molar-refractivity contribution in [1.29, 1.82) is 0 Å². The number of amides is 1. The van der Waals surface area contributed by atoms with Crippen molar-refractivity contribution in [3.05, 3.63) is 58.1 Å². The minimum atomic E-state index is -0.140. The summed E-state index contributed by atoms with van der Waals surface area (Å²) in [5, 5.41) is 4.06. The highest BCUT2D eigenvalue weighted by molar-refractivity contribution is 6.36. The van der Waals surface area contributed by atoms with Crippen molar-refractivity contribution in [2.45, 2.75) is 25.8 Å². The molecule has 0 saturated carbocycles. The number of halogens is 2. The molecule has 0 unspecified atom stereocenters. The highest BCUT2D eigenvalue weighted by Crippen LogP contribution is 2.26. The van der Waals surface area contributed by atoms with Crippen molar-refractivity contribution in [2.24, 2.45) is 0 Å². The molecule has 0 aromatic heterocycles. The van der Waals surface area contributed by atoms with Gasteiger partial charge in [-0.1, -0.05) is 41.4 Å². The van der Waals surface area contributed by atoms with Gasteiger partial charge in [-0.25, -0.2) is 0 Å². The average molecular weight is 382 g/mol. The van der Waals surface area contributed by atoms with E-state index in [4.69, 9.17) is 32.7 Å². The third-order valence-corrected chi connectivity index (χ3v) is 4.34. The van der Waals surface area contributed by atoms with Gasteiger partial charge < -0.3 is 14.8 Å². The maximum Gasteiger partial charge on any atom is 0.220 e. The Morgan fingerprint density at radius 1 is 1.08 bits per heavy atom. The van der Waals surface area contributed by atoms with Crippen LogP contribution in [0.5, 0.6) is 11.5 Å². The zero-order valence-corrected chi connectivity index (χ0v) is 15.7. The van der Waals surface area contributed by atoms with Gasteiger partial charge in [0.15, 0.2) is 11.5 Å². The van der Waals surface area contributed by atoms with E-state index in [1.807, 2.05) is 31.2 Å². The largest absolute Gasteiger partial charge is 0.493 e. The Hall–Kier alpha value is -1.91. The lowest BCUT2D eigenvalue weighted by molar-refractivity contribution is -0.121. The molecule has 0 spiro atoms. The minimum Gasteiger partial charge on any atom is -0.493 e. The standard InChI is InChI=1S/C19H21Cl2NO3/c1-13(12-25-18-9-4-3-8-17(18)24-2)22-19(23)11-10-14-15(20)6-5-7-16(14)21/h3-9,13H,10-12H2,1-2H3,(H,22,23)/t13-/m0/s1. The number of hydrogen-bond donors (Lipinski definition) is 1. The monoisotopic (exact) mass is 381 g/mol. The Balaban J connectivity index is 1.80. The summed E-state index contributed by atoms with van der Waals surface area (Å²) in [6.45, 7) is 2.23. The first-order valence-corrected chi connectivity index (χ1v) is 8.75. The van der Waals surface area contributed by atoms with Gasteiger partial charge in [-0.2, -0.15) is 0 Å². The molecule has 6 heteroatoms. The Morgan fingerprint density at radius 2 is 1.72 bits per heavy atom. The zero-order valence-electron chi connectivity index (χ0n) is 14.2. The summed E-state index contributed by atoms with van der Waals surface area (Å²) in [6, 6.07) is 12.6. The van der Waals surface area contributed by atoms with Crippen LogP contribution in [0.15, 0.2) is 42.5 Å². The van der Waals surface area contributed by atoms with Gasteiger partial charge in [0.1, 0.15) is 6.61 Å². The summed E-state index contributed by atoms with van der Waals surface area (Å²) >= 11 is 12.2. The van der Waals surface area contributed by atoms with E-state index in [0.29, 0.717) is 41.0 Å². The first-order valence-electron chi connectivity index (χ1n) is 7.99. The van der Waals surface area contributed by atoms with Crippen LogP contribution in [0.4, 0.5) is 0 Å². The summed E-state index contributed by atoms with van der Waals surface area (Å²) < 4.78 is 10.9. The minimum absolute atomic E-state index is 0.0767. The summed E-state index contributed by atoms with van der Waals surface area (Å²) in [7, 11) is 1.59. The fourth-order valence-corrected chi connectivity index (χ4v) is 2.94. The van der Waals surface area contributed by atoms with Gasteiger partial charge in [0.25, 0.3) is 0 Å². The Kier molecular flexibility index (Phi) is 7.41. The number of nitrogens with one attached hydrogen (secondary N) is 1. The molecule has 2 rings (SSSR count). The molecule has 2 aromatic rings. The molecular weight excluding hydrogens is 361 g/mol. The lowest BCUT2D eigenvalue weighted by Crippen LogP contribution is -2.36. The van der Waals surface area contributed by atoms with Crippen LogP contribution >= 0.6 is 23.2 Å². The second-order valence-electron chi connectivity index (χ2n) is 5.63. The first-order chi connectivity index (χ1) is 12.0. The number of carbonyl (C=O) groups is 1. The van der Waals surface area contributed by atoms with Crippen LogP contribution in [0.25, 0.3) is 0 Å². The predicted octanol–water partition coefficient (Wildman–Crippen LogP) is 4.52. The van der Waals surface area contributed by atoms with Crippen molar-refractivity contribution >= 4 is 29.1 Å². The van der Waals surface area contributed by atoms with E-state index in [-0.39, 0.29) is 11.9 Å². The summed E-state index contributed by atoms with van der Waals surface area (Å²) in [6.07, 6.45) is 0.798. The normalized spacial score (nSPS) is 11.7. The number of benzene rings is 2. The quantitative estimate of drug-likeness (QED) is 0.730. The molecule has 0 heterocycles. The molecular formula is C19H21Cl2NO3. The summed E-state index contributed by atoms with van der Waals surface area (Å²) in [4.78, 5) is 12.1. The van der Waals surface area contributed by atoms with E-state index >= 15 is 0 Å².